The van der Waals surface area contributed by atoms with Gasteiger partial charge in [-0.15, -0.1) is 23.7 Å². The van der Waals surface area contributed by atoms with Crippen molar-refractivity contribution in [2.45, 2.75) is 0 Å². The molecule has 0 aliphatic carbocycles. The molecule has 3 heterocycles. The van der Waals surface area contributed by atoms with Crippen molar-refractivity contribution >= 4 is 44.2 Å². The van der Waals surface area contributed by atoms with Crippen molar-refractivity contribution in [1.82, 2.24) is 15.0 Å². The van der Waals surface area contributed by atoms with Crippen LogP contribution in [0.2, 0.25) is 0 Å². The molecule has 5 nitrogen and oxygen atoms in total. The highest BCUT2D eigenvalue weighted by Gasteiger charge is 2.09. The molecule has 0 spiro atoms. The third-order valence-corrected chi connectivity index (χ3v) is 3.25. The second kappa shape index (κ2) is 3.73. The molecule has 0 aliphatic rings. The van der Waals surface area contributed by atoms with Crippen molar-refractivity contribution in [3.8, 4) is 0 Å². The van der Waals surface area contributed by atoms with Crippen LogP contribution in [0.5, 0.6) is 0 Å². The maximum Gasteiger partial charge on any atom is 0.326 e. The minimum atomic E-state index is -0.490. The van der Waals surface area contributed by atoms with Crippen molar-refractivity contribution in [3.05, 3.63) is 39.2 Å². The summed E-state index contributed by atoms with van der Waals surface area (Å²) in [7, 11) is 0. The van der Waals surface area contributed by atoms with Crippen LogP contribution >= 0.6 is 23.7 Å². The Morgan fingerprint density at radius 2 is 2.06 bits per heavy atom. The Hall–Kier alpha value is -1.66. The molecular formula is C9H6ClN3O2S. The summed E-state index contributed by atoms with van der Waals surface area (Å²) in [6, 6.07) is 3.60. The Bertz CT molecular complexity index is 773. The molecule has 0 aliphatic heterocycles. The molecule has 2 N–H and O–H groups in total. The lowest BCUT2D eigenvalue weighted by molar-refractivity contribution is 1.09. The van der Waals surface area contributed by atoms with E-state index in [1.807, 2.05) is 6.07 Å². The number of thiophene rings is 1. The summed E-state index contributed by atoms with van der Waals surface area (Å²) >= 11 is 1.27. The van der Waals surface area contributed by atoms with E-state index in [2.05, 4.69) is 15.0 Å². The van der Waals surface area contributed by atoms with Crippen LogP contribution in [0.15, 0.2) is 27.9 Å². The van der Waals surface area contributed by atoms with Crippen LogP contribution < -0.4 is 11.2 Å². The lowest BCUT2D eigenvalue weighted by Crippen LogP contribution is -2.20. The molecule has 3 aromatic heterocycles. The van der Waals surface area contributed by atoms with Gasteiger partial charge >= 0.3 is 5.69 Å². The Balaban J connectivity index is 0.000000963. The highest BCUT2D eigenvalue weighted by Crippen LogP contribution is 2.26. The van der Waals surface area contributed by atoms with E-state index < -0.39 is 5.69 Å². The summed E-state index contributed by atoms with van der Waals surface area (Å²) < 4.78 is 0.503. The predicted octanol–water partition coefficient (Wildman–Crippen LogP) is 1.25. The van der Waals surface area contributed by atoms with Gasteiger partial charge in [-0.05, 0) is 12.1 Å². The fraction of sp³-hybridized carbons (Fsp3) is 0. The van der Waals surface area contributed by atoms with E-state index in [-0.39, 0.29) is 18.0 Å². The normalized spacial score (nSPS) is 10.5. The molecule has 0 aromatic carbocycles. The molecule has 3 aromatic rings. The summed E-state index contributed by atoms with van der Waals surface area (Å²) in [6.45, 7) is 0. The molecular weight excluding hydrogens is 250 g/mol. The average Bonchev–Trinajstić information content (AvgIpc) is 2.57. The third-order valence-electron chi connectivity index (χ3n) is 2.14. The molecule has 0 amide bonds. The quantitative estimate of drug-likeness (QED) is 0.635. The topological polar surface area (TPSA) is 78.6 Å². The Kier molecular flexibility index (Phi) is 2.53. The Morgan fingerprint density at radius 1 is 1.25 bits per heavy atom. The maximum atomic E-state index is 11.5. The number of H-pyrrole nitrogens is 2. The van der Waals surface area contributed by atoms with E-state index in [0.29, 0.717) is 10.2 Å². The molecule has 0 bridgehead atoms. The SMILES string of the molecule is Cl.O=c1[nH]c(=O)c2sc3ncccc3c2[nH]1. The van der Waals surface area contributed by atoms with Gasteiger partial charge in [-0.1, -0.05) is 0 Å². The number of hydrogen-bond acceptors (Lipinski definition) is 4. The van der Waals surface area contributed by atoms with Crippen LogP contribution in [0.4, 0.5) is 0 Å². The van der Waals surface area contributed by atoms with Gasteiger partial charge in [-0.3, -0.25) is 9.78 Å². The van der Waals surface area contributed by atoms with Crippen LogP contribution in [0, 0.1) is 0 Å². The second-order valence-corrected chi connectivity index (χ2v) is 4.07. The van der Waals surface area contributed by atoms with Crippen LogP contribution in [0.3, 0.4) is 0 Å². The minimum absolute atomic E-state index is 0. The van der Waals surface area contributed by atoms with Gasteiger partial charge in [0, 0.05) is 11.6 Å². The first-order valence-electron chi connectivity index (χ1n) is 4.25. The molecule has 0 unspecified atom stereocenters. The highest BCUT2D eigenvalue weighted by molar-refractivity contribution is 7.25. The highest BCUT2D eigenvalue weighted by atomic mass is 35.5. The van der Waals surface area contributed by atoms with Gasteiger partial charge in [-0.2, -0.15) is 0 Å². The lowest BCUT2D eigenvalue weighted by Gasteiger charge is -1.88. The molecule has 82 valence electrons. The number of pyridine rings is 1. The number of nitrogens with one attached hydrogen (secondary N) is 2. The van der Waals surface area contributed by atoms with Gasteiger partial charge in [0.05, 0.1) is 5.52 Å². The van der Waals surface area contributed by atoms with Gasteiger partial charge < -0.3 is 4.98 Å². The standard InChI is InChI=1S/C9H5N3O2S.ClH/c13-7-6-5(11-9(14)12-7)4-2-1-3-10-8(4)15-6;/h1-3H,(H2,11,12,13,14);1H. The molecule has 16 heavy (non-hydrogen) atoms. The zero-order valence-corrected chi connectivity index (χ0v) is 9.45. The van der Waals surface area contributed by atoms with E-state index in [1.165, 1.54) is 11.3 Å². The summed E-state index contributed by atoms with van der Waals surface area (Å²) in [5.74, 6) is 0. The van der Waals surface area contributed by atoms with E-state index in [1.54, 1.807) is 12.3 Å². The number of hydrogen-bond donors (Lipinski definition) is 2. The number of fused-ring (bicyclic) bond motifs is 3. The molecule has 0 atom stereocenters. The van der Waals surface area contributed by atoms with Gasteiger partial charge in [0.1, 0.15) is 9.53 Å². The van der Waals surface area contributed by atoms with E-state index in [4.69, 9.17) is 0 Å². The maximum absolute atomic E-state index is 11.5. The van der Waals surface area contributed by atoms with Crippen molar-refractivity contribution in [3.63, 3.8) is 0 Å². The monoisotopic (exact) mass is 255 g/mol. The fourth-order valence-corrected chi connectivity index (χ4v) is 2.51. The van der Waals surface area contributed by atoms with Crippen LogP contribution in [-0.4, -0.2) is 15.0 Å². The lowest BCUT2D eigenvalue weighted by atomic mass is 10.3. The van der Waals surface area contributed by atoms with Crippen molar-refractivity contribution in [1.29, 1.82) is 0 Å². The average molecular weight is 256 g/mol. The summed E-state index contributed by atoms with van der Waals surface area (Å²) in [5, 5.41) is 0.806. The number of aromatic nitrogens is 3. The predicted molar refractivity (Wildman–Crippen MR) is 65.6 cm³/mol. The van der Waals surface area contributed by atoms with Crippen LogP contribution in [-0.2, 0) is 0 Å². The van der Waals surface area contributed by atoms with Crippen LogP contribution in [0.1, 0.15) is 0 Å². The summed E-state index contributed by atoms with van der Waals surface area (Å²) in [5.41, 5.74) is -0.287. The van der Waals surface area contributed by atoms with E-state index in [0.717, 1.165) is 10.2 Å². The summed E-state index contributed by atoms with van der Waals surface area (Å²) in [6.07, 6.45) is 1.66. The molecule has 3 rings (SSSR count). The second-order valence-electron chi connectivity index (χ2n) is 3.07. The van der Waals surface area contributed by atoms with E-state index >= 15 is 0 Å². The Labute approximate surface area is 98.6 Å². The zero-order valence-electron chi connectivity index (χ0n) is 7.81. The molecule has 0 radical (unpaired) electrons. The van der Waals surface area contributed by atoms with Crippen molar-refractivity contribution < 1.29 is 0 Å². The van der Waals surface area contributed by atoms with Crippen molar-refractivity contribution in [2.24, 2.45) is 0 Å². The molecule has 7 heteroatoms. The Morgan fingerprint density at radius 3 is 2.88 bits per heavy atom. The number of nitrogens with zero attached hydrogens (tertiary/aromatic N) is 1. The van der Waals surface area contributed by atoms with Gasteiger partial charge in [-0.25, -0.2) is 9.78 Å². The van der Waals surface area contributed by atoms with Crippen molar-refractivity contribution in [2.75, 3.05) is 0 Å². The zero-order chi connectivity index (χ0) is 10.4. The van der Waals surface area contributed by atoms with Gasteiger partial charge in [0.2, 0.25) is 0 Å². The smallest absolute Gasteiger partial charge is 0.305 e. The first-order chi connectivity index (χ1) is 7.25. The third kappa shape index (κ3) is 1.43. The van der Waals surface area contributed by atoms with E-state index in [9.17, 15) is 9.59 Å². The first kappa shape index (κ1) is 10.8. The fourth-order valence-electron chi connectivity index (χ4n) is 1.52. The van der Waals surface area contributed by atoms with Gasteiger partial charge in [0.25, 0.3) is 5.56 Å². The number of halogens is 1. The largest absolute Gasteiger partial charge is 0.326 e. The number of rotatable bonds is 0. The first-order valence-corrected chi connectivity index (χ1v) is 5.07. The molecule has 0 fully saturated rings. The van der Waals surface area contributed by atoms with Gasteiger partial charge in [0.15, 0.2) is 0 Å². The number of aromatic amines is 2. The minimum Gasteiger partial charge on any atom is -0.305 e. The van der Waals surface area contributed by atoms with Crippen LogP contribution in [0.25, 0.3) is 20.4 Å². The molecule has 0 saturated heterocycles. The summed E-state index contributed by atoms with van der Waals surface area (Å²) in [4.78, 5) is 32.3. The molecule has 0 saturated carbocycles.